The first-order chi connectivity index (χ1) is 5.84. The smallest absolute Gasteiger partial charge is 0.234 e. The van der Waals surface area contributed by atoms with Crippen LogP contribution in [0.5, 0.6) is 0 Å². The Kier molecular flexibility index (Phi) is 4.18. The molecule has 0 saturated carbocycles. The molecule has 1 fully saturated rings. The van der Waals surface area contributed by atoms with Crippen molar-refractivity contribution in [3.05, 3.63) is 12.2 Å². The Morgan fingerprint density at radius 1 is 1.83 bits per heavy atom. The second-order valence-corrected chi connectivity index (χ2v) is 3.70. The molecule has 1 unspecified atom stereocenters. The second-order valence-electron chi connectivity index (χ2n) is 2.60. The quantitative estimate of drug-likeness (QED) is 0.503. The van der Waals surface area contributed by atoms with E-state index in [-0.39, 0.29) is 11.2 Å². The van der Waals surface area contributed by atoms with Crippen LogP contribution in [0.3, 0.4) is 0 Å². The molecule has 0 aliphatic carbocycles. The highest BCUT2D eigenvalue weighted by atomic mass is 32.2. The standard InChI is InChI=1S/C8H14N2OS/c1-2-3-5-9-8(11)7-4-6-10-12-7/h2-3,7,10H,4-6H2,1H3,(H,9,11)/b3-2+. The third-order valence-electron chi connectivity index (χ3n) is 1.66. The van der Waals surface area contributed by atoms with Gasteiger partial charge in [-0.05, 0) is 13.3 Å². The van der Waals surface area contributed by atoms with Crippen LogP contribution in [0.15, 0.2) is 12.2 Å². The van der Waals surface area contributed by atoms with E-state index in [1.165, 1.54) is 11.9 Å². The molecule has 2 N–H and O–H groups in total. The lowest BCUT2D eigenvalue weighted by Crippen LogP contribution is -2.31. The molecular formula is C8H14N2OS. The summed E-state index contributed by atoms with van der Waals surface area (Å²) in [5.41, 5.74) is 0. The third-order valence-corrected chi connectivity index (χ3v) is 2.76. The largest absolute Gasteiger partial charge is 0.352 e. The lowest BCUT2D eigenvalue weighted by atomic mass is 10.3. The molecule has 1 heterocycles. The first-order valence-electron chi connectivity index (χ1n) is 4.12. The molecule has 68 valence electrons. The fourth-order valence-electron chi connectivity index (χ4n) is 0.984. The number of carbonyl (C=O) groups is 1. The van der Waals surface area contributed by atoms with E-state index >= 15 is 0 Å². The zero-order valence-corrected chi connectivity index (χ0v) is 7.99. The van der Waals surface area contributed by atoms with Crippen molar-refractivity contribution in [2.45, 2.75) is 18.6 Å². The molecular weight excluding hydrogens is 172 g/mol. The lowest BCUT2D eigenvalue weighted by Gasteiger charge is -2.06. The van der Waals surface area contributed by atoms with Gasteiger partial charge in [0.2, 0.25) is 5.91 Å². The van der Waals surface area contributed by atoms with Gasteiger partial charge < -0.3 is 5.32 Å². The fourth-order valence-corrected chi connectivity index (χ4v) is 1.85. The van der Waals surface area contributed by atoms with Crippen LogP contribution in [-0.2, 0) is 4.79 Å². The highest BCUT2D eigenvalue weighted by molar-refractivity contribution is 7.99. The van der Waals surface area contributed by atoms with E-state index in [2.05, 4.69) is 10.0 Å². The Hall–Kier alpha value is -0.480. The molecule has 0 aromatic heterocycles. The summed E-state index contributed by atoms with van der Waals surface area (Å²) in [6, 6.07) is 0. The molecule has 0 bridgehead atoms. The maximum atomic E-state index is 11.3. The number of amides is 1. The summed E-state index contributed by atoms with van der Waals surface area (Å²) in [4.78, 5) is 11.3. The van der Waals surface area contributed by atoms with Crippen molar-refractivity contribution < 1.29 is 4.79 Å². The van der Waals surface area contributed by atoms with Gasteiger partial charge in [0, 0.05) is 13.1 Å². The summed E-state index contributed by atoms with van der Waals surface area (Å²) in [7, 11) is 0. The predicted molar refractivity (Wildman–Crippen MR) is 51.8 cm³/mol. The molecule has 1 saturated heterocycles. The highest BCUT2D eigenvalue weighted by Crippen LogP contribution is 2.16. The molecule has 0 radical (unpaired) electrons. The summed E-state index contributed by atoms with van der Waals surface area (Å²) in [6.07, 6.45) is 4.80. The molecule has 3 nitrogen and oxygen atoms in total. The van der Waals surface area contributed by atoms with Crippen molar-refractivity contribution in [2.75, 3.05) is 13.1 Å². The van der Waals surface area contributed by atoms with Gasteiger partial charge >= 0.3 is 0 Å². The average Bonchev–Trinajstić information content (AvgIpc) is 2.56. The molecule has 0 spiro atoms. The first-order valence-corrected chi connectivity index (χ1v) is 5.00. The van der Waals surface area contributed by atoms with Crippen molar-refractivity contribution >= 4 is 17.9 Å². The highest BCUT2D eigenvalue weighted by Gasteiger charge is 2.22. The van der Waals surface area contributed by atoms with E-state index in [1.807, 2.05) is 19.1 Å². The Labute approximate surface area is 77.1 Å². The number of hydrogen-bond donors (Lipinski definition) is 2. The number of carbonyl (C=O) groups excluding carboxylic acids is 1. The number of allylic oxidation sites excluding steroid dienone is 1. The zero-order chi connectivity index (χ0) is 8.81. The van der Waals surface area contributed by atoms with Crippen LogP contribution in [0.1, 0.15) is 13.3 Å². The van der Waals surface area contributed by atoms with Crippen LogP contribution < -0.4 is 10.0 Å². The van der Waals surface area contributed by atoms with Crippen LogP contribution in [-0.4, -0.2) is 24.2 Å². The number of hydrogen-bond acceptors (Lipinski definition) is 3. The van der Waals surface area contributed by atoms with Crippen molar-refractivity contribution in [2.24, 2.45) is 0 Å². The van der Waals surface area contributed by atoms with Crippen LogP contribution in [0.25, 0.3) is 0 Å². The minimum Gasteiger partial charge on any atom is -0.352 e. The molecule has 1 rings (SSSR count). The SMILES string of the molecule is C/C=C/CNC(=O)C1CCNS1. The lowest BCUT2D eigenvalue weighted by molar-refractivity contribution is -0.120. The minimum atomic E-state index is 0.107. The normalized spacial score (nSPS) is 23.2. The van der Waals surface area contributed by atoms with Crippen LogP contribution in [0, 0.1) is 0 Å². The van der Waals surface area contributed by atoms with Gasteiger partial charge in [-0.15, -0.1) is 0 Å². The maximum Gasteiger partial charge on any atom is 0.234 e. The monoisotopic (exact) mass is 186 g/mol. The van der Waals surface area contributed by atoms with E-state index in [4.69, 9.17) is 0 Å². The van der Waals surface area contributed by atoms with Crippen molar-refractivity contribution in [1.29, 1.82) is 0 Å². The van der Waals surface area contributed by atoms with Gasteiger partial charge in [-0.3, -0.25) is 9.52 Å². The maximum absolute atomic E-state index is 11.3. The predicted octanol–water partition coefficient (Wildman–Crippen LogP) is 0.689. The summed E-state index contributed by atoms with van der Waals surface area (Å²) >= 11 is 1.52. The second kappa shape index (κ2) is 5.22. The molecule has 0 aromatic rings. The van der Waals surface area contributed by atoms with Crippen molar-refractivity contribution in [3.63, 3.8) is 0 Å². The van der Waals surface area contributed by atoms with E-state index in [0.717, 1.165) is 13.0 Å². The van der Waals surface area contributed by atoms with Crippen molar-refractivity contribution in [1.82, 2.24) is 10.0 Å². The summed E-state index contributed by atoms with van der Waals surface area (Å²) < 4.78 is 3.08. The fraction of sp³-hybridized carbons (Fsp3) is 0.625. The summed E-state index contributed by atoms with van der Waals surface area (Å²) in [6.45, 7) is 3.52. The summed E-state index contributed by atoms with van der Waals surface area (Å²) in [5, 5.41) is 2.95. The Morgan fingerprint density at radius 3 is 3.25 bits per heavy atom. The Balaban J connectivity index is 2.18. The van der Waals surface area contributed by atoms with E-state index < -0.39 is 0 Å². The van der Waals surface area contributed by atoms with Crippen LogP contribution in [0.4, 0.5) is 0 Å². The van der Waals surface area contributed by atoms with Gasteiger partial charge in [0.15, 0.2) is 0 Å². The zero-order valence-electron chi connectivity index (χ0n) is 7.17. The molecule has 1 amide bonds. The Bertz CT molecular complexity index is 176. The first kappa shape index (κ1) is 9.61. The third kappa shape index (κ3) is 2.87. The molecule has 1 atom stereocenters. The minimum absolute atomic E-state index is 0.107. The average molecular weight is 186 g/mol. The molecule has 12 heavy (non-hydrogen) atoms. The van der Waals surface area contributed by atoms with Crippen LogP contribution >= 0.6 is 11.9 Å². The van der Waals surface area contributed by atoms with Gasteiger partial charge in [-0.2, -0.15) is 0 Å². The van der Waals surface area contributed by atoms with Gasteiger partial charge in [-0.1, -0.05) is 24.1 Å². The van der Waals surface area contributed by atoms with E-state index in [9.17, 15) is 4.79 Å². The van der Waals surface area contributed by atoms with Crippen LogP contribution in [0.2, 0.25) is 0 Å². The van der Waals surface area contributed by atoms with E-state index in [1.54, 1.807) is 0 Å². The molecule has 4 heteroatoms. The molecule has 1 aliphatic rings. The van der Waals surface area contributed by atoms with Gasteiger partial charge in [0.05, 0.1) is 5.25 Å². The molecule has 1 aliphatic heterocycles. The number of rotatable bonds is 3. The van der Waals surface area contributed by atoms with E-state index in [0.29, 0.717) is 6.54 Å². The Morgan fingerprint density at radius 2 is 2.67 bits per heavy atom. The van der Waals surface area contributed by atoms with Gasteiger partial charge in [-0.25, -0.2) is 0 Å². The molecule has 0 aromatic carbocycles. The van der Waals surface area contributed by atoms with Gasteiger partial charge in [0.25, 0.3) is 0 Å². The van der Waals surface area contributed by atoms with Gasteiger partial charge in [0.1, 0.15) is 0 Å². The topological polar surface area (TPSA) is 41.1 Å². The van der Waals surface area contributed by atoms with Crippen molar-refractivity contribution in [3.8, 4) is 0 Å². The summed E-state index contributed by atoms with van der Waals surface area (Å²) in [5.74, 6) is 0.142. The number of nitrogens with one attached hydrogen (secondary N) is 2.